The molecule has 0 spiro atoms. The second-order valence-electron chi connectivity index (χ2n) is 4.92. The Bertz CT molecular complexity index is 426. The highest BCUT2D eigenvalue weighted by atomic mass is 19.1. The minimum absolute atomic E-state index is 0.140. The van der Waals surface area contributed by atoms with Gasteiger partial charge in [-0.15, -0.1) is 0 Å². The molecule has 1 amide bonds. The van der Waals surface area contributed by atoms with Gasteiger partial charge >= 0.3 is 0 Å². The summed E-state index contributed by atoms with van der Waals surface area (Å²) in [4.78, 5) is 11.9. The van der Waals surface area contributed by atoms with Gasteiger partial charge in [-0.25, -0.2) is 8.78 Å². The zero-order valence-corrected chi connectivity index (χ0v) is 10.8. The topological polar surface area (TPSA) is 55.1 Å². The highest BCUT2D eigenvalue weighted by molar-refractivity contribution is 5.82. The number of benzene rings is 1. The maximum absolute atomic E-state index is 13.5. The number of hydrogen-bond donors (Lipinski definition) is 2. The summed E-state index contributed by atoms with van der Waals surface area (Å²) in [6.07, 6.45) is 0. The Kier molecular flexibility index (Phi) is 4.40. The second kappa shape index (κ2) is 5.44. The van der Waals surface area contributed by atoms with E-state index in [0.29, 0.717) is 0 Å². The lowest BCUT2D eigenvalue weighted by atomic mass is 9.92. The van der Waals surface area contributed by atoms with Crippen LogP contribution in [0.25, 0.3) is 0 Å². The lowest BCUT2D eigenvalue weighted by molar-refractivity contribution is -0.129. The molecule has 0 aliphatic carbocycles. The first-order valence-corrected chi connectivity index (χ1v) is 5.74. The molecule has 3 N–H and O–H groups in total. The van der Waals surface area contributed by atoms with Crippen molar-refractivity contribution in [2.75, 3.05) is 6.54 Å². The zero-order chi connectivity index (χ0) is 13.9. The van der Waals surface area contributed by atoms with Crippen molar-refractivity contribution >= 4 is 5.91 Å². The minimum Gasteiger partial charge on any atom is -0.349 e. The molecular formula is C13H18F2N2O. The van der Waals surface area contributed by atoms with Gasteiger partial charge in [0.2, 0.25) is 5.91 Å². The lowest BCUT2D eigenvalue weighted by Crippen LogP contribution is -2.43. The van der Waals surface area contributed by atoms with Crippen LogP contribution in [0.15, 0.2) is 18.2 Å². The molecule has 100 valence electrons. The Hall–Kier alpha value is -1.49. The number of carbonyl (C=O) groups is 1. The predicted octanol–water partition coefficient (Wildman–Crippen LogP) is 2.13. The van der Waals surface area contributed by atoms with E-state index in [1.54, 1.807) is 13.8 Å². The van der Waals surface area contributed by atoms with Gasteiger partial charge in [-0.1, -0.05) is 6.07 Å². The largest absolute Gasteiger partial charge is 0.349 e. The Morgan fingerprint density at radius 1 is 1.39 bits per heavy atom. The zero-order valence-electron chi connectivity index (χ0n) is 10.8. The van der Waals surface area contributed by atoms with Crippen LogP contribution < -0.4 is 11.1 Å². The Balaban J connectivity index is 2.90. The fourth-order valence-electron chi connectivity index (χ4n) is 1.48. The predicted molar refractivity (Wildman–Crippen MR) is 65.8 cm³/mol. The maximum atomic E-state index is 13.5. The summed E-state index contributed by atoms with van der Waals surface area (Å²) < 4.78 is 27.0. The van der Waals surface area contributed by atoms with Gasteiger partial charge in [-0.05, 0) is 32.9 Å². The first-order valence-electron chi connectivity index (χ1n) is 5.74. The average molecular weight is 256 g/mol. The molecule has 0 aromatic heterocycles. The number of hydrogen-bond acceptors (Lipinski definition) is 2. The molecule has 0 aliphatic heterocycles. The van der Waals surface area contributed by atoms with E-state index in [2.05, 4.69) is 5.32 Å². The number of rotatable bonds is 4. The summed E-state index contributed by atoms with van der Waals surface area (Å²) in [6.45, 7) is 5.04. The van der Waals surface area contributed by atoms with E-state index in [4.69, 9.17) is 5.73 Å². The molecule has 0 radical (unpaired) electrons. The molecule has 0 saturated carbocycles. The molecular weight excluding hydrogens is 238 g/mol. The van der Waals surface area contributed by atoms with Gasteiger partial charge in [0, 0.05) is 12.1 Å². The van der Waals surface area contributed by atoms with Crippen LogP contribution in [-0.2, 0) is 4.79 Å². The molecule has 5 heteroatoms. The van der Waals surface area contributed by atoms with Crippen molar-refractivity contribution in [2.45, 2.75) is 26.8 Å². The van der Waals surface area contributed by atoms with Gasteiger partial charge in [0.05, 0.1) is 11.5 Å². The monoisotopic (exact) mass is 256 g/mol. The standard InChI is InChI=1S/C13H18F2N2O/c1-8(17-12(18)13(2,3)7-16)11-9(14)5-4-6-10(11)15/h4-6,8H,7,16H2,1-3H3,(H,17,18). The summed E-state index contributed by atoms with van der Waals surface area (Å²) in [7, 11) is 0. The lowest BCUT2D eigenvalue weighted by Gasteiger charge is -2.24. The van der Waals surface area contributed by atoms with Gasteiger partial charge in [0.15, 0.2) is 0 Å². The van der Waals surface area contributed by atoms with Crippen molar-refractivity contribution in [1.29, 1.82) is 0 Å². The molecule has 0 aliphatic rings. The smallest absolute Gasteiger partial charge is 0.227 e. The molecule has 0 heterocycles. The third kappa shape index (κ3) is 3.04. The van der Waals surface area contributed by atoms with E-state index in [1.165, 1.54) is 13.0 Å². The van der Waals surface area contributed by atoms with Crippen molar-refractivity contribution in [1.82, 2.24) is 5.32 Å². The first kappa shape index (κ1) is 14.6. The molecule has 1 aromatic rings. The summed E-state index contributed by atoms with van der Waals surface area (Å²) in [5.41, 5.74) is 4.56. The fourth-order valence-corrected chi connectivity index (χ4v) is 1.48. The number of nitrogens with two attached hydrogens (primary N) is 1. The van der Waals surface area contributed by atoms with Gasteiger partial charge in [-0.3, -0.25) is 4.79 Å². The van der Waals surface area contributed by atoms with Crippen molar-refractivity contribution in [3.8, 4) is 0 Å². The fraction of sp³-hybridized carbons (Fsp3) is 0.462. The Labute approximate surface area is 105 Å². The highest BCUT2D eigenvalue weighted by Crippen LogP contribution is 2.22. The molecule has 0 bridgehead atoms. The van der Waals surface area contributed by atoms with Crippen molar-refractivity contribution in [3.63, 3.8) is 0 Å². The Morgan fingerprint density at radius 2 is 1.89 bits per heavy atom. The summed E-state index contributed by atoms with van der Waals surface area (Å²) in [6, 6.07) is 2.86. The van der Waals surface area contributed by atoms with Crippen LogP contribution in [0.4, 0.5) is 8.78 Å². The summed E-state index contributed by atoms with van der Waals surface area (Å²) in [5, 5.41) is 2.57. The third-order valence-electron chi connectivity index (χ3n) is 2.91. The average Bonchev–Trinajstić information content (AvgIpc) is 2.28. The highest BCUT2D eigenvalue weighted by Gasteiger charge is 2.28. The van der Waals surface area contributed by atoms with Gasteiger partial charge in [0.1, 0.15) is 11.6 Å². The SMILES string of the molecule is CC(NC(=O)C(C)(C)CN)c1c(F)cccc1F. The van der Waals surface area contributed by atoms with Crippen LogP contribution in [0, 0.1) is 17.0 Å². The van der Waals surface area contributed by atoms with E-state index < -0.39 is 23.1 Å². The van der Waals surface area contributed by atoms with Crippen molar-refractivity contribution < 1.29 is 13.6 Å². The molecule has 0 saturated heterocycles. The third-order valence-corrected chi connectivity index (χ3v) is 2.91. The van der Waals surface area contributed by atoms with Gasteiger partial charge in [-0.2, -0.15) is 0 Å². The van der Waals surface area contributed by atoms with Crippen molar-refractivity contribution in [3.05, 3.63) is 35.4 Å². The maximum Gasteiger partial charge on any atom is 0.227 e. The Morgan fingerprint density at radius 3 is 2.33 bits per heavy atom. The first-order chi connectivity index (χ1) is 8.29. The van der Waals surface area contributed by atoms with Crippen LogP contribution in [0.1, 0.15) is 32.4 Å². The molecule has 1 rings (SSSR count). The number of nitrogens with one attached hydrogen (secondary N) is 1. The second-order valence-corrected chi connectivity index (χ2v) is 4.92. The molecule has 1 unspecified atom stereocenters. The molecule has 0 fully saturated rings. The number of carbonyl (C=O) groups excluding carboxylic acids is 1. The van der Waals surface area contributed by atoms with Crippen LogP contribution in [0.5, 0.6) is 0 Å². The van der Waals surface area contributed by atoms with Crippen LogP contribution >= 0.6 is 0 Å². The van der Waals surface area contributed by atoms with Gasteiger partial charge < -0.3 is 11.1 Å². The molecule has 3 nitrogen and oxygen atoms in total. The normalized spacial score (nSPS) is 13.2. The van der Waals surface area contributed by atoms with Crippen LogP contribution in [-0.4, -0.2) is 12.5 Å². The molecule has 1 aromatic carbocycles. The van der Waals surface area contributed by atoms with E-state index >= 15 is 0 Å². The molecule has 1 atom stereocenters. The van der Waals surface area contributed by atoms with E-state index in [1.807, 2.05) is 0 Å². The van der Waals surface area contributed by atoms with E-state index in [9.17, 15) is 13.6 Å². The number of halogens is 2. The quantitative estimate of drug-likeness (QED) is 0.867. The van der Waals surface area contributed by atoms with Gasteiger partial charge in [0.25, 0.3) is 0 Å². The summed E-state index contributed by atoms with van der Waals surface area (Å²) >= 11 is 0. The number of amides is 1. The van der Waals surface area contributed by atoms with Crippen LogP contribution in [0.2, 0.25) is 0 Å². The minimum atomic E-state index is -0.768. The van der Waals surface area contributed by atoms with E-state index in [-0.39, 0.29) is 18.0 Å². The van der Waals surface area contributed by atoms with E-state index in [0.717, 1.165) is 12.1 Å². The summed E-state index contributed by atoms with van der Waals surface area (Å²) in [5.74, 6) is -1.68. The van der Waals surface area contributed by atoms with Crippen LogP contribution in [0.3, 0.4) is 0 Å². The van der Waals surface area contributed by atoms with Crippen molar-refractivity contribution in [2.24, 2.45) is 11.1 Å². The molecule has 18 heavy (non-hydrogen) atoms.